The summed E-state index contributed by atoms with van der Waals surface area (Å²) in [6.45, 7) is 5.94. The SMILES string of the molecule is Cc1ccccc1[C@@H](C)NC(=O)N[C@H](C)c1cc2ccccc2o1. The molecule has 2 atom stereocenters. The van der Waals surface area contributed by atoms with Gasteiger partial charge in [-0.25, -0.2) is 4.79 Å². The third-order valence-corrected chi connectivity index (χ3v) is 4.22. The number of fused-ring (bicyclic) bond motifs is 1. The Labute approximate surface area is 141 Å². The summed E-state index contributed by atoms with van der Waals surface area (Å²) in [5.41, 5.74) is 3.11. The first-order chi connectivity index (χ1) is 11.5. The Hall–Kier alpha value is -2.75. The number of nitrogens with one attached hydrogen (secondary N) is 2. The van der Waals surface area contributed by atoms with Crippen molar-refractivity contribution in [2.75, 3.05) is 0 Å². The molecule has 2 amide bonds. The van der Waals surface area contributed by atoms with E-state index in [-0.39, 0.29) is 18.1 Å². The quantitative estimate of drug-likeness (QED) is 0.720. The average Bonchev–Trinajstić information content (AvgIpc) is 2.99. The van der Waals surface area contributed by atoms with E-state index in [4.69, 9.17) is 4.42 Å². The van der Waals surface area contributed by atoms with Crippen LogP contribution in [-0.4, -0.2) is 6.03 Å². The Bertz CT molecular complexity index is 820. The number of urea groups is 1. The van der Waals surface area contributed by atoms with Gasteiger partial charge in [-0.3, -0.25) is 0 Å². The molecule has 2 N–H and O–H groups in total. The molecule has 0 aliphatic carbocycles. The lowest BCUT2D eigenvalue weighted by Gasteiger charge is -2.19. The zero-order chi connectivity index (χ0) is 17.1. The minimum atomic E-state index is -0.210. The van der Waals surface area contributed by atoms with Gasteiger partial charge in [-0.05, 0) is 44.0 Å². The summed E-state index contributed by atoms with van der Waals surface area (Å²) in [6.07, 6.45) is 0. The number of carbonyl (C=O) groups excluding carboxylic acids is 1. The highest BCUT2D eigenvalue weighted by molar-refractivity contribution is 5.78. The highest BCUT2D eigenvalue weighted by Crippen LogP contribution is 2.23. The second kappa shape index (κ2) is 6.79. The zero-order valence-corrected chi connectivity index (χ0v) is 14.2. The smallest absolute Gasteiger partial charge is 0.315 e. The maximum atomic E-state index is 12.3. The van der Waals surface area contributed by atoms with E-state index in [1.165, 1.54) is 0 Å². The Morgan fingerprint density at radius 3 is 2.38 bits per heavy atom. The minimum Gasteiger partial charge on any atom is -0.459 e. The molecule has 4 nitrogen and oxygen atoms in total. The first-order valence-electron chi connectivity index (χ1n) is 8.15. The molecule has 0 saturated heterocycles. The van der Waals surface area contributed by atoms with Crippen LogP contribution < -0.4 is 10.6 Å². The van der Waals surface area contributed by atoms with Crippen LogP contribution in [0.5, 0.6) is 0 Å². The van der Waals surface area contributed by atoms with E-state index >= 15 is 0 Å². The first-order valence-corrected chi connectivity index (χ1v) is 8.15. The van der Waals surface area contributed by atoms with Gasteiger partial charge in [0.2, 0.25) is 0 Å². The number of rotatable bonds is 4. The Morgan fingerprint density at radius 1 is 0.958 bits per heavy atom. The molecule has 3 rings (SSSR count). The molecular weight excluding hydrogens is 300 g/mol. The van der Waals surface area contributed by atoms with Crippen molar-refractivity contribution in [3.63, 3.8) is 0 Å². The number of para-hydroxylation sites is 1. The first kappa shape index (κ1) is 16.1. The molecule has 0 fully saturated rings. The maximum absolute atomic E-state index is 12.3. The summed E-state index contributed by atoms with van der Waals surface area (Å²) in [4.78, 5) is 12.3. The van der Waals surface area contributed by atoms with Crippen molar-refractivity contribution in [3.8, 4) is 0 Å². The van der Waals surface area contributed by atoms with Crippen LogP contribution in [0.1, 0.15) is 42.8 Å². The number of hydrogen-bond acceptors (Lipinski definition) is 2. The van der Waals surface area contributed by atoms with Crippen molar-refractivity contribution in [1.82, 2.24) is 10.6 Å². The molecule has 1 aromatic heterocycles. The Balaban J connectivity index is 1.64. The standard InChI is InChI=1S/C20H22N2O2/c1-13-8-4-6-10-17(13)14(2)21-20(23)22-15(3)19-12-16-9-5-7-11-18(16)24-19/h4-12,14-15H,1-3H3,(H2,21,22,23)/t14-,15-/m1/s1. The zero-order valence-electron chi connectivity index (χ0n) is 14.2. The van der Waals surface area contributed by atoms with Gasteiger partial charge in [-0.15, -0.1) is 0 Å². The number of amides is 2. The van der Waals surface area contributed by atoms with Crippen molar-refractivity contribution in [3.05, 3.63) is 71.5 Å². The Morgan fingerprint density at radius 2 is 1.62 bits per heavy atom. The summed E-state index contributed by atoms with van der Waals surface area (Å²) >= 11 is 0. The highest BCUT2D eigenvalue weighted by atomic mass is 16.3. The molecule has 1 heterocycles. The molecule has 4 heteroatoms. The number of carbonyl (C=O) groups is 1. The van der Waals surface area contributed by atoms with Crippen molar-refractivity contribution >= 4 is 17.0 Å². The second-order valence-electron chi connectivity index (χ2n) is 6.10. The fraction of sp³-hybridized carbons (Fsp3) is 0.250. The molecule has 0 unspecified atom stereocenters. The predicted octanol–water partition coefficient (Wildman–Crippen LogP) is 4.86. The van der Waals surface area contributed by atoms with Crippen molar-refractivity contribution in [2.24, 2.45) is 0 Å². The van der Waals surface area contributed by atoms with Crippen LogP contribution in [-0.2, 0) is 0 Å². The molecule has 3 aromatic rings. The normalized spacial score (nSPS) is 13.5. The largest absolute Gasteiger partial charge is 0.459 e. The molecule has 0 aliphatic rings. The van der Waals surface area contributed by atoms with Gasteiger partial charge in [0.1, 0.15) is 11.3 Å². The van der Waals surface area contributed by atoms with E-state index in [0.717, 1.165) is 27.9 Å². The molecule has 0 radical (unpaired) electrons. The average molecular weight is 322 g/mol. The fourth-order valence-electron chi connectivity index (χ4n) is 2.87. The van der Waals surface area contributed by atoms with Gasteiger partial charge in [-0.1, -0.05) is 42.5 Å². The lowest BCUT2D eigenvalue weighted by molar-refractivity contribution is 0.233. The van der Waals surface area contributed by atoms with Crippen LogP contribution in [0, 0.1) is 6.92 Å². The lowest BCUT2D eigenvalue weighted by atomic mass is 10.0. The summed E-state index contributed by atoms with van der Waals surface area (Å²) in [5, 5.41) is 6.95. The monoisotopic (exact) mass is 322 g/mol. The summed E-state index contributed by atoms with van der Waals surface area (Å²) < 4.78 is 5.80. The van der Waals surface area contributed by atoms with Gasteiger partial charge in [0.15, 0.2) is 0 Å². The van der Waals surface area contributed by atoms with Crippen LogP contribution in [0.3, 0.4) is 0 Å². The van der Waals surface area contributed by atoms with Crippen molar-refractivity contribution in [2.45, 2.75) is 32.9 Å². The number of aryl methyl sites for hydroxylation is 1. The van der Waals surface area contributed by atoms with E-state index < -0.39 is 0 Å². The maximum Gasteiger partial charge on any atom is 0.315 e. The molecule has 0 aliphatic heterocycles. The van der Waals surface area contributed by atoms with Gasteiger partial charge < -0.3 is 15.1 Å². The fourth-order valence-corrected chi connectivity index (χ4v) is 2.87. The van der Waals surface area contributed by atoms with E-state index in [9.17, 15) is 4.79 Å². The van der Waals surface area contributed by atoms with Crippen LogP contribution >= 0.6 is 0 Å². The van der Waals surface area contributed by atoms with Crippen molar-refractivity contribution in [1.29, 1.82) is 0 Å². The van der Waals surface area contributed by atoms with Gasteiger partial charge in [-0.2, -0.15) is 0 Å². The summed E-state index contributed by atoms with van der Waals surface area (Å²) in [6, 6.07) is 17.4. The second-order valence-corrected chi connectivity index (χ2v) is 6.10. The predicted molar refractivity (Wildman–Crippen MR) is 95.9 cm³/mol. The van der Waals surface area contributed by atoms with Crippen molar-refractivity contribution < 1.29 is 9.21 Å². The topological polar surface area (TPSA) is 54.3 Å². The van der Waals surface area contributed by atoms with Gasteiger partial charge in [0, 0.05) is 5.39 Å². The van der Waals surface area contributed by atoms with E-state index in [0.29, 0.717) is 0 Å². The third-order valence-electron chi connectivity index (χ3n) is 4.22. The molecule has 0 spiro atoms. The minimum absolute atomic E-state index is 0.0610. The van der Waals surface area contributed by atoms with E-state index in [1.807, 2.05) is 75.4 Å². The van der Waals surface area contributed by atoms with E-state index in [1.54, 1.807) is 0 Å². The third kappa shape index (κ3) is 3.43. The lowest BCUT2D eigenvalue weighted by Crippen LogP contribution is -2.38. The van der Waals surface area contributed by atoms with Gasteiger partial charge in [0.05, 0.1) is 12.1 Å². The van der Waals surface area contributed by atoms with E-state index in [2.05, 4.69) is 10.6 Å². The molecule has 24 heavy (non-hydrogen) atoms. The van der Waals surface area contributed by atoms with Gasteiger partial charge in [0.25, 0.3) is 0 Å². The summed E-state index contributed by atoms with van der Waals surface area (Å²) in [7, 11) is 0. The molecule has 0 bridgehead atoms. The van der Waals surface area contributed by atoms with Crippen LogP contribution in [0.25, 0.3) is 11.0 Å². The van der Waals surface area contributed by atoms with Crippen LogP contribution in [0.2, 0.25) is 0 Å². The van der Waals surface area contributed by atoms with Gasteiger partial charge >= 0.3 is 6.03 Å². The molecule has 0 saturated carbocycles. The number of benzene rings is 2. The van der Waals surface area contributed by atoms with Crippen LogP contribution in [0.4, 0.5) is 4.79 Å². The number of furan rings is 1. The molecular formula is C20H22N2O2. The molecule has 124 valence electrons. The summed E-state index contributed by atoms with van der Waals surface area (Å²) in [5.74, 6) is 0.745. The Kier molecular flexibility index (Phi) is 4.56. The number of hydrogen-bond donors (Lipinski definition) is 2. The highest BCUT2D eigenvalue weighted by Gasteiger charge is 2.16. The molecule has 2 aromatic carbocycles. The van der Waals surface area contributed by atoms with Crippen LogP contribution in [0.15, 0.2) is 59.0 Å².